The van der Waals surface area contributed by atoms with Crippen molar-refractivity contribution in [2.45, 2.75) is 43.4 Å². The minimum Gasteiger partial charge on any atom is -0.360 e. The maximum absolute atomic E-state index is 12.9. The molecule has 0 aliphatic carbocycles. The summed E-state index contributed by atoms with van der Waals surface area (Å²) in [4.78, 5) is 15.5. The number of carbonyl (C=O) groups excluding carboxylic acids is 1. The van der Waals surface area contributed by atoms with Crippen molar-refractivity contribution < 1.29 is 17.7 Å². The standard InChI is InChI=1S/C20H27N3O4S2/c1-14(2)17-5-7-18(8-6-17)28-13-19(24)22-9-11-23(12-10-22)29(25,26)20-15(3)21-27-16(20)4/h5-8,14H,9-13H2,1-4H3. The first-order valence-electron chi connectivity index (χ1n) is 9.63. The molecular weight excluding hydrogens is 410 g/mol. The predicted octanol–water partition coefficient (Wildman–Crippen LogP) is 3.04. The maximum atomic E-state index is 12.9. The number of rotatable bonds is 6. The third-order valence-electron chi connectivity index (χ3n) is 5.07. The molecule has 2 heterocycles. The molecule has 1 aromatic carbocycles. The Morgan fingerprint density at radius 1 is 1.14 bits per heavy atom. The van der Waals surface area contributed by atoms with Gasteiger partial charge in [0.25, 0.3) is 0 Å². The van der Waals surface area contributed by atoms with Gasteiger partial charge in [-0.25, -0.2) is 8.42 Å². The molecule has 0 saturated carbocycles. The molecule has 1 aliphatic rings. The molecule has 0 unspecified atom stereocenters. The number of amides is 1. The van der Waals surface area contributed by atoms with Crippen molar-refractivity contribution in [1.82, 2.24) is 14.4 Å². The number of hydrogen-bond donors (Lipinski definition) is 0. The second-order valence-corrected chi connectivity index (χ2v) is 10.4. The van der Waals surface area contributed by atoms with Gasteiger partial charge in [0, 0.05) is 31.1 Å². The molecule has 9 heteroatoms. The first-order valence-corrected chi connectivity index (χ1v) is 12.1. The Balaban J connectivity index is 1.54. The molecule has 2 aromatic rings. The lowest BCUT2D eigenvalue weighted by atomic mass is 10.0. The van der Waals surface area contributed by atoms with E-state index < -0.39 is 10.0 Å². The lowest BCUT2D eigenvalue weighted by molar-refractivity contribution is -0.129. The SMILES string of the molecule is Cc1noc(C)c1S(=O)(=O)N1CCN(C(=O)CSc2ccc(C(C)C)cc2)CC1. The van der Waals surface area contributed by atoms with Gasteiger partial charge in [-0.2, -0.15) is 4.31 Å². The number of carbonyl (C=O) groups is 1. The molecule has 0 atom stereocenters. The molecule has 7 nitrogen and oxygen atoms in total. The van der Waals surface area contributed by atoms with Gasteiger partial charge in [-0.1, -0.05) is 31.1 Å². The topological polar surface area (TPSA) is 83.7 Å². The van der Waals surface area contributed by atoms with Crippen LogP contribution in [0.25, 0.3) is 0 Å². The van der Waals surface area contributed by atoms with E-state index in [4.69, 9.17) is 4.52 Å². The Kier molecular flexibility index (Phi) is 6.70. The zero-order valence-electron chi connectivity index (χ0n) is 17.2. The van der Waals surface area contributed by atoms with Crippen LogP contribution >= 0.6 is 11.8 Å². The number of nitrogens with zero attached hydrogens (tertiary/aromatic N) is 3. The average molecular weight is 438 g/mol. The summed E-state index contributed by atoms with van der Waals surface area (Å²) < 4.78 is 32.1. The van der Waals surface area contributed by atoms with E-state index in [1.54, 1.807) is 18.7 Å². The van der Waals surface area contributed by atoms with Crippen LogP contribution in [-0.2, 0) is 14.8 Å². The van der Waals surface area contributed by atoms with E-state index in [0.717, 1.165) is 4.90 Å². The van der Waals surface area contributed by atoms with Crippen molar-refractivity contribution >= 4 is 27.7 Å². The van der Waals surface area contributed by atoms with Gasteiger partial charge in [-0.3, -0.25) is 4.79 Å². The summed E-state index contributed by atoms with van der Waals surface area (Å²) in [7, 11) is -3.66. The summed E-state index contributed by atoms with van der Waals surface area (Å²) in [5.41, 5.74) is 1.64. The third-order valence-corrected chi connectivity index (χ3v) is 8.21. The van der Waals surface area contributed by atoms with Crippen molar-refractivity contribution in [2.24, 2.45) is 0 Å². The second kappa shape index (κ2) is 8.89. The van der Waals surface area contributed by atoms with Crippen LogP contribution in [0.15, 0.2) is 38.6 Å². The van der Waals surface area contributed by atoms with E-state index >= 15 is 0 Å². The van der Waals surface area contributed by atoms with Gasteiger partial charge in [-0.05, 0) is 37.5 Å². The monoisotopic (exact) mass is 437 g/mol. The summed E-state index contributed by atoms with van der Waals surface area (Å²) in [5.74, 6) is 1.14. The van der Waals surface area contributed by atoms with Crippen LogP contribution in [0.5, 0.6) is 0 Å². The van der Waals surface area contributed by atoms with E-state index in [0.29, 0.717) is 36.2 Å². The predicted molar refractivity (Wildman–Crippen MR) is 113 cm³/mol. The fourth-order valence-electron chi connectivity index (χ4n) is 3.34. The normalized spacial score (nSPS) is 15.8. The second-order valence-electron chi connectivity index (χ2n) is 7.45. The highest BCUT2D eigenvalue weighted by Gasteiger charge is 2.34. The Morgan fingerprint density at radius 2 is 1.76 bits per heavy atom. The first-order chi connectivity index (χ1) is 13.7. The van der Waals surface area contributed by atoms with E-state index in [2.05, 4.69) is 31.1 Å². The summed E-state index contributed by atoms with van der Waals surface area (Å²) >= 11 is 1.51. The minimum atomic E-state index is -3.66. The summed E-state index contributed by atoms with van der Waals surface area (Å²) in [5, 5.41) is 3.74. The van der Waals surface area contributed by atoms with Gasteiger partial charge in [-0.15, -0.1) is 11.8 Å². The molecule has 1 fully saturated rings. The molecule has 1 saturated heterocycles. The summed E-state index contributed by atoms with van der Waals surface area (Å²) in [6.07, 6.45) is 0. The zero-order chi connectivity index (χ0) is 21.2. The third kappa shape index (κ3) is 4.84. The fraction of sp³-hybridized carbons (Fsp3) is 0.500. The Labute approximate surface area is 176 Å². The molecule has 1 aromatic heterocycles. The van der Waals surface area contributed by atoms with Gasteiger partial charge < -0.3 is 9.42 Å². The van der Waals surface area contributed by atoms with E-state index in [9.17, 15) is 13.2 Å². The van der Waals surface area contributed by atoms with Gasteiger partial charge in [0.15, 0.2) is 5.76 Å². The lowest BCUT2D eigenvalue weighted by Gasteiger charge is -2.33. The fourth-order valence-corrected chi connectivity index (χ4v) is 5.85. The Morgan fingerprint density at radius 3 is 2.28 bits per heavy atom. The van der Waals surface area contributed by atoms with Crippen LogP contribution in [0, 0.1) is 13.8 Å². The number of piperazine rings is 1. The van der Waals surface area contributed by atoms with Crippen LogP contribution in [0.4, 0.5) is 0 Å². The smallest absolute Gasteiger partial charge is 0.248 e. The molecule has 3 rings (SSSR count). The average Bonchev–Trinajstić information content (AvgIpc) is 3.05. The van der Waals surface area contributed by atoms with Crippen LogP contribution in [0.2, 0.25) is 0 Å². The highest BCUT2D eigenvalue weighted by molar-refractivity contribution is 8.00. The molecule has 0 radical (unpaired) electrons. The van der Waals surface area contributed by atoms with E-state index in [-0.39, 0.29) is 23.9 Å². The number of thioether (sulfide) groups is 1. The number of hydrogen-bond acceptors (Lipinski definition) is 6. The van der Waals surface area contributed by atoms with E-state index in [1.807, 2.05) is 12.1 Å². The van der Waals surface area contributed by atoms with Gasteiger partial charge in [0.1, 0.15) is 10.6 Å². The molecule has 158 valence electrons. The van der Waals surface area contributed by atoms with Gasteiger partial charge >= 0.3 is 0 Å². The highest BCUT2D eigenvalue weighted by Crippen LogP contribution is 2.25. The number of aromatic nitrogens is 1. The van der Waals surface area contributed by atoms with Crippen LogP contribution in [0.1, 0.15) is 36.8 Å². The molecule has 0 bridgehead atoms. The molecule has 0 N–H and O–H groups in total. The van der Waals surface area contributed by atoms with E-state index in [1.165, 1.54) is 21.6 Å². The quantitative estimate of drug-likeness (QED) is 0.646. The van der Waals surface area contributed by atoms with Crippen molar-refractivity contribution in [3.05, 3.63) is 41.3 Å². The summed E-state index contributed by atoms with van der Waals surface area (Å²) in [6, 6.07) is 8.27. The Bertz CT molecular complexity index is 941. The van der Waals surface area contributed by atoms with Crippen LogP contribution in [0.3, 0.4) is 0 Å². The first kappa shape index (κ1) is 21.9. The van der Waals surface area contributed by atoms with Crippen molar-refractivity contribution in [3.8, 4) is 0 Å². The van der Waals surface area contributed by atoms with Crippen molar-refractivity contribution in [2.75, 3.05) is 31.9 Å². The number of aryl methyl sites for hydroxylation is 2. The van der Waals surface area contributed by atoms with Gasteiger partial charge in [0.2, 0.25) is 15.9 Å². The molecule has 1 amide bonds. The van der Waals surface area contributed by atoms with Crippen molar-refractivity contribution in [3.63, 3.8) is 0 Å². The summed E-state index contributed by atoms with van der Waals surface area (Å²) in [6.45, 7) is 8.82. The highest BCUT2D eigenvalue weighted by atomic mass is 32.2. The van der Waals surface area contributed by atoms with Crippen LogP contribution < -0.4 is 0 Å². The zero-order valence-corrected chi connectivity index (χ0v) is 18.8. The largest absolute Gasteiger partial charge is 0.360 e. The molecule has 1 aliphatic heterocycles. The molecule has 29 heavy (non-hydrogen) atoms. The molecule has 0 spiro atoms. The maximum Gasteiger partial charge on any atom is 0.248 e. The number of benzene rings is 1. The van der Waals surface area contributed by atoms with Crippen molar-refractivity contribution in [1.29, 1.82) is 0 Å². The van der Waals surface area contributed by atoms with Crippen LogP contribution in [-0.4, -0.2) is 60.6 Å². The van der Waals surface area contributed by atoms with Gasteiger partial charge in [0.05, 0.1) is 5.75 Å². The lowest BCUT2D eigenvalue weighted by Crippen LogP contribution is -2.51. The molecular formula is C20H27N3O4S2. The Hall–Kier alpha value is -1.84. The minimum absolute atomic E-state index is 0.0253. The number of sulfonamides is 1.